The van der Waals surface area contributed by atoms with Crippen molar-refractivity contribution in [3.8, 4) is 0 Å². The second kappa shape index (κ2) is 9.80. The van der Waals surface area contributed by atoms with Gasteiger partial charge in [-0.1, -0.05) is 41.0 Å². The van der Waals surface area contributed by atoms with Gasteiger partial charge in [-0.2, -0.15) is 4.98 Å². The van der Waals surface area contributed by atoms with E-state index in [2.05, 4.69) is 4.98 Å². The summed E-state index contributed by atoms with van der Waals surface area (Å²) in [6, 6.07) is 5.20. The number of nitrogens with two attached hydrogens (primary N) is 1. The molecule has 1 aromatic carbocycles. The number of nitrogens with zero attached hydrogens (tertiary/aromatic N) is 4. The lowest BCUT2D eigenvalue weighted by atomic mass is 10.2. The highest BCUT2D eigenvalue weighted by Crippen LogP contribution is 2.37. The minimum Gasteiger partial charge on any atom is -0.444 e. The second-order valence-electron chi connectivity index (χ2n) is 8.45. The third kappa shape index (κ3) is 5.63. The summed E-state index contributed by atoms with van der Waals surface area (Å²) in [7, 11) is 1.66. The van der Waals surface area contributed by atoms with Crippen molar-refractivity contribution in [2.45, 2.75) is 42.6 Å². The maximum absolute atomic E-state index is 13.1. The van der Waals surface area contributed by atoms with Gasteiger partial charge in [-0.05, 0) is 39.3 Å². The van der Waals surface area contributed by atoms with Crippen LogP contribution < -0.4 is 16.2 Å². The lowest BCUT2D eigenvalue weighted by molar-refractivity contribution is 0.0263. The van der Waals surface area contributed by atoms with Crippen LogP contribution in [0, 0.1) is 0 Å². The average molecular weight is 500 g/mol. The molecule has 1 saturated heterocycles. The Kier molecular flexibility index (Phi) is 7.52. The van der Waals surface area contributed by atoms with Crippen molar-refractivity contribution in [3.05, 3.63) is 38.6 Å². The van der Waals surface area contributed by atoms with Gasteiger partial charge in [-0.25, -0.2) is 4.79 Å². The molecule has 2 N–H and O–H groups in total. The zero-order valence-electron chi connectivity index (χ0n) is 18.5. The van der Waals surface area contributed by atoms with E-state index in [1.165, 1.54) is 4.57 Å². The molecule has 0 aliphatic carbocycles. The smallest absolute Gasteiger partial charge is 0.410 e. The molecule has 2 aromatic rings. The third-order valence-corrected chi connectivity index (χ3v) is 6.89. The molecule has 3 rings (SSSR count). The van der Waals surface area contributed by atoms with Gasteiger partial charge in [0.15, 0.2) is 0 Å². The van der Waals surface area contributed by atoms with Gasteiger partial charge in [0.2, 0.25) is 5.95 Å². The van der Waals surface area contributed by atoms with Gasteiger partial charge >= 0.3 is 6.09 Å². The molecule has 1 fully saturated rings. The molecule has 0 saturated carbocycles. The van der Waals surface area contributed by atoms with Crippen LogP contribution in [0.4, 0.5) is 16.6 Å². The first-order valence-corrected chi connectivity index (χ1v) is 11.8. The standard InChI is InChI=1S/C21H27Cl2N5O3S/c1-21(2,3)31-20(30)28-10-6-9-27(11-12-28)19-25-17(24)16(18(29)26(19)4)32-14-8-5-7-13(22)15(14)23/h5,7-8H,6,9-12,24H2,1-4H3. The number of carbonyl (C=O) groups excluding carboxylic acids is 1. The lowest BCUT2D eigenvalue weighted by Gasteiger charge is -2.27. The maximum Gasteiger partial charge on any atom is 0.410 e. The van der Waals surface area contributed by atoms with Crippen molar-refractivity contribution < 1.29 is 9.53 Å². The highest BCUT2D eigenvalue weighted by atomic mass is 35.5. The van der Waals surface area contributed by atoms with E-state index >= 15 is 0 Å². The molecule has 8 nitrogen and oxygen atoms in total. The largest absolute Gasteiger partial charge is 0.444 e. The van der Waals surface area contributed by atoms with Crippen molar-refractivity contribution in [2.24, 2.45) is 7.05 Å². The van der Waals surface area contributed by atoms with Crippen LogP contribution in [0.2, 0.25) is 10.0 Å². The Morgan fingerprint density at radius 2 is 1.91 bits per heavy atom. The fourth-order valence-corrected chi connectivity index (χ4v) is 4.68. The number of aromatic nitrogens is 2. The predicted molar refractivity (Wildman–Crippen MR) is 129 cm³/mol. The number of hydrogen-bond acceptors (Lipinski definition) is 7. The zero-order chi connectivity index (χ0) is 23.6. The van der Waals surface area contributed by atoms with Gasteiger partial charge in [-0.15, -0.1) is 0 Å². The summed E-state index contributed by atoms with van der Waals surface area (Å²) in [5, 5.41) is 0.759. The quantitative estimate of drug-likeness (QED) is 0.673. The Labute approximate surface area is 201 Å². The van der Waals surface area contributed by atoms with Gasteiger partial charge in [0.05, 0.1) is 10.0 Å². The summed E-state index contributed by atoms with van der Waals surface area (Å²) in [5.41, 5.74) is 5.36. The Morgan fingerprint density at radius 3 is 2.59 bits per heavy atom. The molecule has 2 heterocycles. The molecule has 0 unspecified atom stereocenters. The number of carbonyl (C=O) groups is 1. The van der Waals surface area contributed by atoms with Gasteiger partial charge in [-0.3, -0.25) is 9.36 Å². The number of halogens is 2. The Morgan fingerprint density at radius 1 is 1.19 bits per heavy atom. The fourth-order valence-electron chi connectivity index (χ4n) is 3.26. The van der Waals surface area contributed by atoms with Crippen LogP contribution in [0.15, 0.2) is 32.8 Å². The summed E-state index contributed by atoms with van der Waals surface area (Å²) in [4.78, 5) is 34.6. The average Bonchev–Trinajstić information content (AvgIpc) is 2.96. The number of hydrogen-bond donors (Lipinski definition) is 1. The second-order valence-corrected chi connectivity index (χ2v) is 10.3. The molecule has 0 bridgehead atoms. The number of benzene rings is 1. The van der Waals surface area contributed by atoms with Crippen LogP contribution >= 0.6 is 35.0 Å². The van der Waals surface area contributed by atoms with Crippen LogP contribution in [0.3, 0.4) is 0 Å². The molecular weight excluding hydrogens is 473 g/mol. The number of rotatable bonds is 3. The number of ether oxygens (including phenoxy) is 1. The zero-order valence-corrected chi connectivity index (χ0v) is 20.9. The Bertz CT molecular complexity index is 1070. The molecule has 1 aliphatic rings. The van der Waals surface area contributed by atoms with Crippen LogP contribution in [0.5, 0.6) is 0 Å². The predicted octanol–water partition coefficient (Wildman–Crippen LogP) is 4.27. The maximum atomic E-state index is 13.1. The van der Waals surface area contributed by atoms with E-state index in [1.54, 1.807) is 30.1 Å². The van der Waals surface area contributed by atoms with Crippen LogP contribution in [-0.2, 0) is 11.8 Å². The monoisotopic (exact) mass is 499 g/mol. The molecule has 1 amide bonds. The number of anilines is 2. The van der Waals surface area contributed by atoms with Crippen molar-refractivity contribution in [1.82, 2.24) is 14.5 Å². The van der Waals surface area contributed by atoms with E-state index in [4.69, 9.17) is 33.7 Å². The molecule has 0 radical (unpaired) electrons. The Balaban J connectivity index is 1.81. The topological polar surface area (TPSA) is 93.7 Å². The highest BCUT2D eigenvalue weighted by molar-refractivity contribution is 7.99. The lowest BCUT2D eigenvalue weighted by Crippen LogP contribution is -2.40. The summed E-state index contributed by atoms with van der Waals surface area (Å²) in [6.45, 7) is 7.68. The summed E-state index contributed by atoms with van der Waals surface area (Å²) >= 11 is 13.5. The first-order chi connectivity index (χ1) is 15.0. The minimum absolute atomic E-state index is 0.123. The molecule has 0 atom stereocenters. The van der Waals surface area contributed by atoms with Gasteiger partial charge < -0.3 is 20.3 Å². The van der Waals surface area contributed by atoms with E-state index < -0.39 is 5.60 Å². The molecule has 174 valence electrons. The molecule has 1 aliphatic heterocycles. The molecule has 0 spiro atoms. The van der Waals surface area contributed by atoms with E-state index in [0.717, 1.165) is 11.8 Å². The molecule has 11 heteroatoms. The fraction of sp³-hybridized carbons (Fsp3) is 0.476. The van der Waals surface area contributed by atoms with E-state index in [0.29, 0.717) is 53.5 Å². The first-order valence-electron chi connectivity index (χ1n) is 10.2. The van der Waals surface area contributed by atoms with Crippen LogP contribution in [0.25, 0.3) is 0 Å². The van der Waals surface area contributed by atoms with Crippen molar-refractivity contribution >= 4 is 52.8 Å². The van der Waals surface area contributed by atoms with Gasteiger partial charge in [0, 0.05) is 38.1 Å². The molecule has 32 heavy (non-hydrogen) atoms. The third-order valence-electron chi connectivity index (χ3n) is 4.81. The normalized spacial score (nSPS) is 14.9. The summed E-state index contributed by atoms with van der Waals surface area (Å²) in [6.07, 6.45) is 0.370. The summed E-state index contributed by atoms with van der Waals surface area (Å²) < 4.78 is 6.95. The van der Waals surface area contributed by atoms with Crippen LogP contribution in [0.1, 0.15) is 27.2 Å². The van der Waals surface area contributed by atoms with Crippen molar-refractivity contribution in [1.29, 1.82) is 0 Å². The summed E-state index contributed by atoms with van der Waals surface area (Å²) in [5.74, 6) is 0.581. The van der Waals surface area contributed by atoms with Gasteiger partial charge in [0.1, 0.15) is 16.3 Å². The van der Waals surface area contributed by atoms with Crippen molar-refractivity contribution in [2.75, 3.05) is 36.8 Å². The van der Waals surface area contributed by atoms with Crippen molar-refractivity contribution in [3.63, 3.8) is 0 Å². The van der Waals surface area contributed by atoms with E-state index in [9.17, 15) is 9.59 Å². The SMILES string of the molecule is Cn1c(N2CCCN(C(=O)OC(C)(C)C)CC2)nc(N)c(Sc2cccc(Cl)c2Cl)c1=O. The molecular formula is C21H27Cl2N5O3S. The molecule has 1 aromatic heterocycles. The minimum atomic E-state index is -0.553. The Hall–Kier alpha value is -2.10. The van der Waals surface area contributed by atoms with Crippen LogP contribution in [-0.4, -0.2) is 52.3 Å². The van der Waals surface area contributed by atoms with Gasteiger partial charge in [0.25, 0.3) is 5.56 Å². The number of nitrogen functional groups attached to an aromatic ring is 1. The van der Waals surface area contributed by atoms with E-state index in [1.807, 2.05) is 25.7 Å². The van der Waals surface area contributed by atoms with E-state index in [-0.39, 0.29) is 22.4 Å². The number of amides is 1. The highest BCUT2D eigenvalue weighted by Gasteiger charge is 2.26. The first kappa shape index (κ1) is 24.5.